The molecule has 2 N–H and O–H groups in total. The number of aromatic nitrogens is 2. The fraction of sp³-hybridized carbons (Fsp3) is 0.267. The zero-order chi connectivity index (χ0) is 17.5. The number of carbonyl (C=O) groups excluding carboxylic acids is 2. The number of nitrogens with zero attached hydrogens (tertiary/aromatic N) is 3. The van der Waals surface area contributed by atoms with E-state index in [4.69, 9.17) is 4.74 Å². The Morgan fingerprint density at radius 3 is 2.88 bits per heavy atom. The van der Waals surface area contributed by atoms with E-state index in [1.807, 2.05) is 0 Å². The summed E-state index contributed by atoms with van der Waals surface area (Å²) < 4.78 is 9.06. The number of hydrogen-bond acceptors (Lipinski definition) is 7. The van der Waals surface area contributed by atoms with Crippen LogP contribution >= 0.6 is 11.5 Å². The third-order valence-electron chi connectivity index (χ3n) is 2.96. The number of anilines is 1. The lowest BCUT2D eigenvalue weighted by Gasteiger charge is -2.06. The van der Waals surface area contributed by atoms with Gasteiger partial charge in [-0.1, -0.05) is 0 Å². The Labute approximate surface area is 143 Å². The van der Waals surface area contributed by atoms with Gasteiger partial charge in [-0.05, 0) is 44.4 Å². The predicted octanol–water partition coefficient (Wildman–Crippen LogP) is 2.57. The zero-order valence-electron chi connectivity index (χ0n) is 13.5. The average Bonchev–Trinajstić information content (AvgIpc) is 2.93. The molecule has 0 aliphatic carbocycles. The van der Waals surface area contributed by atoms with Crippen LogP contribution in [-0.2, 0) is 4.74 Å². The topological polar surface area (TPSA) is 106 Å². The van der Waals surface area contributed by atoms with Crippen molar-refractivity contribution in [1.29, 1.82) is 0 Å². The zero-order valence-corrected chi connectivity index (χ0v) is 14.3. The summed E-state index contributed by atoms with van der Waals surface area (Å²) in [6.07, 6.45) is 2.47. The van der Waals surface area contributed by atoms with Crippen LogP contribution in [0, 0.1) is 6.92 Å². The van der Waals surface area contributed by atoms with Crippen molar-refractivity contribution in [2.45, 2.75) is 20.8 Å². The van der Waals surface area contributed by atoms with Crippen molar-refractivity contribution in [3.63, 3.8) is 0 Å². The molecule has 0 saturated heterocycles. The summed E-state index contributed by atoms with van der Waals surface area (Å²) in [6.45, 7) is 5.51. The van der Waals surface area contributed by atoms with Crippen molar-refractivity contribution in [3.05, 3.63) is 41.3 Å². The van der Waals surface area contributed by atoms with Gasteiger partial charge in [0.2, 0.25) is 0 Å². The molecule has 2 heterocycles. The van der Waals surface area contributed by atoms with E-state index in [1.165, 1.54) is 6.20 Å². The van der Waals surface area contributed by atoms with E-state index in [0.29, 0.717) is 27.5 Å². The maximum atomic E-state index is 12.0. The van der Waals surface area contributed by atoms with E-state index >= 15 is 0 Å². The molecular formula is C15H17N5O3S. The lowest BCUT2D eigenvalue weighted by molar-refractivity contribution is 0.0954. The summed E-state index contributed by atoms with van der Waals surface area (Å²) >= 11 is 1.12. The van der Waals surface area contributed by atoms with Crippen molar-refractivity contribution in [2.24, 2.45) is 5.10 Å². The molecule has 8 nitrogen and oxygen atoms in total. The first-order valence-electron chi connectivity index (χ1n) is 7.18. The van der Waals surface area contributed by atoms with Crippen LogP contribution in [0.25, 0.3) is 0 Å². The minimum absolute atomic E-state index is 0.271. The number of hydrazone groups is 1. The van der Waals surface area contributed by atoms with Crippen LogP contribution in [0.15, 0.2) is 29.6 Å². The normalized spacial score (nSPS) is 11.0. The average molecular weight is 347 g/mol. The molecule has 9 heteroatoms. The van der Waals surface area contributed by atoms with Gasteiger partial charge in [-0.3, -0.25) is 15.1 Å². The maximum absolute atomic E-state index is 12.0. The number of pyridine rings is 1. The van der Waals surface area contributed by atoms with Crippen molar-refractivity contribution in [2.75, 3.05) is 11.9 Å². The highest BCUT2D eigenvalue weighted by Gasteiger charge is 2.16. The molecule has 2 rings (SSSR count). The smallest absolute Gasteiger partial charge is 0.412 e. The van der Waals surface area contributed by atoms with E-state index in [2.05, 4.69) is 25.2 Å². The number of amides is 2. The molecule has 126 valence electrons. The minimum atomic E-state index is -0.561. The van der Waals surface area contributed by atoms with Gasteiger partial charge in [-0.15, -0.1) is 0 Å². The summed E-state index contributed by atoms with van der Waals surface area (Å²) in [6, 6.07) is 3.30. The molecule has 2 amide bonds. The van der Waals surface area contributed by atoms with Crippen LogP contribution in [-0.4, -0.2) is 33.7 Å². The van der Waals surface area contributed by atoms with Crippen molar-refractivity contribution in [1.82, 2.24) is 14.8 Å². The lowest BCUT2D eigenvalue weighted by Crippen LogP contribution is -2.20. The number of rotatable bonds is 5. The first kappa shape index (κ1) is 17.5. The summed E-state index contributed by atoms with van der Waals surface area (Å²) in [4.78, 5) is 27.4. The molecule has 0 bridgehead atoms. The highest BCUT2D eigenvalue weighted by atomic mass is 32.1. The van der Waals surface area contributed by atoms with E-state index in [1.54, 1.807) is 39.1 Å². The number of carbonyl (C=O) groups is 2. The van der Waals surface area contributed by atoms with Gasteiger partial charge in [0.1, 0.15) is 5.00 Å². The first-order valence-corrected chi connectivity index (χ1v) is 7.95. The number of nitrogens with one attached hydrogen (secondary N) is 2. The molecule has 0 atom stereocenters. The summed E-state index contributed by atoms with van der Waals surface area (Å²) in [5.74, 6) is -0.372. The van der Waals surface area contributed by atoms with Gasteiger partial charge < -0.3 is 4.74 Å². The van der Waals surface area contributed by atoms with Crippen LogP contribution in [0.5, 0.6) is 0 Å². The number of hydrogen-bond donors (Lipinski definition) is 2. The second-order valence-corrected chi connectivity index (χ2v) is 5.47. The maximum Gasteiger partial charge on any atom is 0.412 e. The molecule has 0 saturated carbocycles. The number of aryl methyl sites for hydroxylation is 1. The quantitative estimate of drug-likeness (QED) is 0.639. The molecule has 0 aliphatic heterocycles. The largest absolute Gasteiger partial charge is 0.450 e. The van der Waals surface area contributed by atoms with Crippen molar-refractivity contribution in [3.8, 4) is 0 Å². The summed E-state index contributed by atoms with van der Waals surface area (Å²) in [5.41, 5.74) is 4.73. The second kappa shape index (κ2) is 8.16. The lowest BCUT2D eigenvalue weighted by atomic mass is 10.2. The highest BCUT2D eigenvalue weighted by Crippen LogP contribution is 2.25. The monoisotopic (exact) mass is 347 g/mol. The molecule has 0 unspecified atom stereocenters. The summed E-state index contributed by atoms with van der Waals surface area (Å²) in [7, 11) is 0. The molecule has 2 aromatic rings. The van der Waals surface area contributed by atoms with Gasteiger partial charge in [0, 0.05) is 12.4 Å². The van der Waals surface area contributed by atoms with E-state index in [9.17, 15) is 9.59 Å². The van der Waals surface area contributed by atoms with E-state index in [0.717, 1.165) is 11.5 Å². The molecule has 0 aliphatic rings. The molecular weight excluding hydrogens is 330 g/mol. The Morgan fingerprint density at radius 2 is 2.21 bits per heavy atom. The number of ether oxygens (including phenoxy) is 1. The van der Waals surface area contributed by atoms with Gasteiger partial charge in [0.05, 0.1) is 29.1 Å². The van der Waals surface area contributed by atoms with Gasteiger partial charge in [-0.25, -0.2) is 10.2 Å². The molecule has 0 fully saturated rings. The Bertz CT molecular complexity index is 758. The van der Waals surface area contributed by atoms with Gasteiger partial charge in [0.15, 0.2) is 0 Å². The fourth-order valence-corrected chi connectivity index (χ4v) is 2.73. The molecule has 2 aromatic heterocycles. The highest BCUT2D eigenvalue weighted by molar-refractivity contribution is 7.11. The van der Waals surface area contributed by atoms with Crippen molar-refractivity contribution < 1.29 is 14.3 Å². The van der Waals surface area contributed by atoms with Gasteiger partial charge in [0.25, 0.3) is 5.91 Å². The van der Waals surface area contributed by atoms with Gasteiger partial charge >= 0.3 is 6.09 Å². The molecule has 0 radical (unpaired) electrons. The third kappa shape index (κ3) is 4.35. The summed E-state index contributed by atoms with van der Waals surface area (Å²) in [5, 5.41) is 7.22. The predicted molar refractivity (Wildman–Crippen MR) is 91.4 cm³/mol. The van der Waals surface area contributed by atoms with Gasteiger partial charge in [-0.2, -0.15) is 9.47 Å². The van der Waals surface area contributed by atoms with Crippen molar-refractivity contribution >= 4 is 34.2 Å². The second-order valence-electron chi connectivity index (χ2n) is 4.70. The minimum Gasteiger partial charge on any atom is -0.450 e. The Hall–Kier alpha value is -2.81. The Kier molecular flexibility index (Phi) is 5.96. The van der Waals surface area contributed by atoms with Crippen LogP contribution in [0.4, 0.5) is 9.80 Å². The van der Waals surface area contributed by atoms with Crippen LogP contribution in [0.3, 0.4) is 0 Å². The molecule has 0 aromatic carbocycles. The Morgan fingerprint density at radius 1 is 1.42 bits per heavy atom. The van der Waals surface area contributed by atoms with Crippen LogP contribution in [0.1, 0.15) is 35.5 Å². The van der Waals surface area contributed by atoms with Crippen LogP contribution < -0.4 is 10.7 Å². The Balaban J connectivity index is 2.14. The SMILES string of the molecule is CCOC(=O)Nc1snc(C)c1/C(C)=N/NC(=O)c1cccnc1. The molecule has 0 spiro atoms. The van der Waals surface area contributed by atoms with Crippen LogP contribution in [0.2, 0.25) is 0 Å². The standard InChI is InChI=1S/C15H17N5O3S/c1-4-23-15(22)17-14-12(10(3)20-24-14)9(2)18-19-13(21)11-6-5-7-16-8-11/h5-8H,4H2,1-3H3,(H,17,22)(H,19,21)/b18-9+. The third-order valence-corrected chi connectivity index (χ3v) is 3.82. The first-order chi connectivity index (χ1) is 11.5. The van der Waals surface area contributed by atoms with E-state index in [-0.39, 0.29) is 12.5 Å². The van der Waals surface area contributed by atoms with E-state index < -0.39 is 6.09 Å². The fourth-order valence-electron chi connectivity index (χ4n) is 1.89. The molecule has 24 heavy (non-hydrogen) atoms.